The van der Waals surface area contributed by atoms with Crippen molar-refractivity contribution >= 4 is 18.2 Å². The Kier molecular flexibility index (Phi) is 7.76. The van der Waals surface area contributed by atoms with Crippen LogP contribution in [-0.4, -0.2) is 47.6 Å². The van der Waals surface area contributed by atoms with Crippen molar-refractivity contribution in [2.24, 2.45) is 11.3 Å². The predicted molar refractivity (Wildman–Crippen MR) is 98.2 cm³/mol. The summed E-state index contributed by atoms with van der Waals surface area (Å²) in [5, 5.41) is 15.6. The summed E-state index contributed by atoms with van der Waals surface area (Å²) >= 11 is 0. The van der Waals surface area contributed by atoms with Gasteiger partial charge in [0.2, 0.25) is 18.2 Å². The minimum Gasteiger partial charge on any atom is -0.357 e. The number of hydroxylamine groups is 2. The molecule has 0 bridgehead atoms. The smallest absolute Gasteiger partial charge is 0.242 e. The van der Waals surface area contributed by atoms with Crippen LogP contribution in [-0.2, 0) is 20.8 Å². The van der Waals surface area contributed by atoms with E-state index in [0.29, 0.717) is 11.5 Å². The number of likely N-dealkylation sites (N-methyl/N-ethyl adjacent to an activating group) is 1. The topological polar surface area (TPSA) is 98.7 Å². The Morgan fingerprint density at radius 1 is 1.19 bits per heavy atom. The monoisotopic (exact) mass is 363 g/mol. The van der Waals surface area contributed by atoms with Crippen LogP contribution < -0.4 is 10.6 Å². The fourth-order valence-corrected chi connectivity index (χ4v) is 2.70. The van der Waals surface area contributed by atoms with E-state index in [1.54, 1.807) is 6.92 Å². The van der Waals surface area contributed by atoms with E-state index in [2.05, 4.69) is 10.6 Å². The first kappa shape index (κ1) is 21.6. The van der Waals surface area contributed by atoms with Crippen LogP contribution in [0, 0.1) is 11.3 Å². The standard InChI is InChI=1S/C19H29N3O4/c1-13(22(26)12-23)15(11-14-9-7-6-8-10-14)17(24)21-16(18(25)20-5)19(2,3)4/h6-10,12-13,15-16,26H,11H2,1-5H3,(H,20,25)(H,21,24)/t13-,15+,16?/m0/s1. The van der Waals surface area contributed by atoms with Crippen LogP contribution in [0.2, 0.25) is 0 Å². The molecule has 144 valence electrons. The first-order valence-corrected chi connectivity index (χ1v) is 8.60. The first-order chi connectivity index (χ1) is 12.1. The Morgan fingerprint density at radius 3 is 2.23 bits per heavy atom. The summed E-state index contributed by atoms with van der Waals surface area (Å²) < 4.78 is 0. The number of carbonyl (C=O) groups excluding carboxylic acids is 3. The fraction of sp³-hybridized carbons (Fsp3) is 0.526. The van der Waals surface area contributed by atoms with Gasteiger partial charge in [-0.2, -0.15) is 0 Å². The molecule has 26 heavy (non-hydrogen) atoms. The maximum Gasteiger partial charge on any atom is 0.242 e. The molecule has 7 nitrogen and oxygen atoms in total. The molecule has 1 aromatic carbocycles. The van der Waals surface area contributed by atoms with Crippen molar-refractivity contribution in [3.8, 4) is 0 Å². The van der Waals surface area contributed by atoms with E-state index < -0.39 is 29.3 Å². The maximum atomic E-state index is 12.9. The van der Waals surface area contributed by atoms with Crippen molar-refractivity contribution in [2.75, 3.05) is 7.05 Å². The normalized spacial score (nSPS) is 14.7. The first-order valence-electron chi connectivity index (χ1n) is 8.60. The molecule has 0 saturated heterocycles. The molecule has 1 rings (SSSR count). The van der Waals surface area contributed by atoms with Crippen molar-refractivity contribution in [1.82, 2.24) is 15.7 Å². The highest BCUT2D eigenvalue weighted by molar-refractivity contribution is 5.89. The molecule has 1 aromatic rings. The summed E-state index contributed by atoms with van der Waals surface area (Å²) in [4.78, 5) is 36.1. The summed E-state index contributed by atoms with van der Waals surface area (Å²) in [5.41, 5.74) is 0.394. The van der Waals surface area contributed by atoms with Crippen LogP contribution in [0.1, 0.15) is 33.3 Å². The largest absolute Gasteiger partial charge is 0.357 e. The van der Waals surface area contributed by atoms with Gasteiger partial charge in [-0.05, 0) is 24.3 Å². The third kappa shape index (κ3) is 5.84. The molecule has 0 spiro atoms. The SMILES string of the molecule is CNC(=O)C(NC(=O)[C@H](Cc1ccccc1)[C@H](C)N(O)C=O)C(C)(C)C. The number of nitrogens with one attached hydrogen (secondary N) is 2. The van der Waals surface area contributed by atoms with Gasteiger partial charge in [0.05, 0.1) is 12.0 Å². The maximum absolute atomic E-state index is 12.9. The molecular formula is C19H29N3O4. The molecule has 1 unspecified atom stereocenters. The van der Waals surface area contributed by atoms with Gasteiger partial charge in [-0.25, -0.2) is 5.06 Å². The van der Waals surface area contributed by atoms with E-state index in [1.165, 1.54) is 7.05 Å². The van der Waals surface area contributed by atoms with E-state index in [0.717, 1.165) is 5.56 Å². The Balaban J connectivity index is 3.09. The van der Waals surface area contributed by atoms with Crippen LogP contribution in [0.4, 0.5) is 0 Å². The van der Waals surface area contributed by atoms with Crippen LogP contribution in [0.25, 0.3) is 0 Å². The van der Waals surface area contributed by atoms with Crippen molar-refractivity contribution < 1.29 is 19.6 Å². The molecule has 0 saturated carbocycles. The lowest BCUT2D eigenvalue weighted by Gasteiger charge is -2.33. The molecule has 0 radical (unpaired) electrons. The fourth-order valence-electron chi connectivity index (χ4n) is 2.70. The second-order valence-corrected chi connectivity index (χ2v) is 7.44. The van der Waals surface area contributed by atoms with Crippen molar-refractivity contribution in [3.63, 3.8) is 0 Å². The molecular weight excluding hydrogens is 334 g/mol. The number of benzene rings is 1. The van der Waals surface area contributed by atoms with Gasteiger partial charge >= 0.3 is 0 Å². The van der Waals surface area contributed by atoms with Crippen LogP contribution in [0.5, 0.6) is 0 Å². The van der Waals surface area contributed by atoms with Gasteiger partial charge in [0.1, 0.15) is 6.04 Å². The second kappa shape index (κ2) is 9.33. The van der Waals surface area contributed by atoms with Gasteiger partial charge < -0.3 is 10.6 Å². The summed E-state index contributed by atoms with van der Waals surface area (Å²) in [6.07, 6.45) is 0.597. The molecule has 0 aliphatic carbocycles. The number of hydrogen-bond donors (Lipinski definition) is 3. The van der Waals surface area contributed by atoms with Gasteiger partial charge in [-0.15, -0.1) is 0 Å². The molecule has 0 heterocycles. The number of nitrogens with zero attached hydrogens (tertiary/aromatic N) is 1. The van der Waals surface area contributed by atoms with Crippen LogP contribution in [0.3, 0.4) is 0 Å². The molecule has 0 aromatic heterocycles. The Labute approximate surface area is 154 Å². The molecule has 0 aliphatic heterocycles. The third-order valence-corrected chi connectivity index (χ3v) is 4.40. The van der Waals surface area contributed by atoms with E-state index in [1.807, 2.05) is 51.1 Å². The quantitative estimate of drug-likeness (QED) is 0.369. The molecule has 3 atom stereocenters. The Morgan fingerprint density at radius 2 is 1.77 bits per heavy atom. The highest BCUT2D eigenvalue weighted by atomic mass is 16.5. The van der Waals surface area contributed by atoms with Crippen molar-refractivity contribution in [3.05, 3.63) is 35.9 Å². The highest BCUT2D eigenvalue weighted by Crippen LogP contribution is 2.22. The van der Waals surface area contributed by atoms with Crippen molar-refractivity contribution in [2.45, 2.75) is 46.2 Å². The van der Waals surface area contributed by atoms with Gasteiger partial charge in [0, 0.05) is 7.05 Å². The minimum atomic E-state index is -0.752. The number of rotatable bonds is 8. The summed E-state index contributed by atoms with van der Waals surface area (Å²) in [5.74, 6) is -1.42. The van der Waals surface area contributed by atoms with E-state index in [9.17, 15) is 19.6 Å². The van der Waals surface area contributed by atoms with E-state index >= 15 is 0 Å². The minimum absolute atomic E-state index is 0.274. The Bertz CT molecular complexity index is 613. The van der Waals surface area contributed by atoms with Gasteiger partial charge in [-0.3, -0.25) is 19.6 Å². The zero-order chi connectivity index (χ0) is 19.9. The highest BCUT2D eigenvalue weighted by Gasteiger charge is 2.36. The molecule has 0 fully saturated rings. The second-order valence-electron chi connectivity index (χ2n) is 7.44. The summed E-state index contributed by atoms with van der Waals surface area (Å²) in [6.45, 7) is 7.15. The lowest BCUT2D eigenvalue weighted by Crippen LogP contribution is -2.56. The molecule has 0 aliphatic rings. The van der Waals surface area contributed by atoms with Gasteiger partial charge in [0.25, 0.3) is 0 Å². The average molecular weight is 363 g/mol. The predicted octanol–water partition coefficient (Wildman–Crippen LogP) is 1.36. The van der Waals surface area contributed by atoms with Crippen LogP contribution in [0.15, 0.2) is 30.3 Å². The summed E-state index contributed by atoms with van der Waals surface area (Å²) in [7, 11) is 1.51. The van der Waals surface area contributed by atoms with E-state index in [-0.39, 0.29) is 12.3 Å². The van der Waals surface area contributed by atoms with E-state index in [4.69, 9.17) is 0 Å². The average Bonchev–Trinajstić information content (AvgIpc) is 2.61. The lowest BCUT2D eigenvalue weighted by atomic mass is 9.84. The molecule has 3 amide bonds. The number of carbonyl (C=O) groups is 3. The number of hydrogen-bond acceptors (Lipinski definition) is 4. The zero-order valence-electron chi connectivity index (χ0n) is 16.0. The van der Waals surface area contributed by atoms with Gasteiger partial charge in [-0.1, -0.05) is 51.1 Å². The molecule has 7 heteroatoms. The van der Waals surface area contributed by atoms with Gasteiger partial charge in [0.15, 0.2) is 0 Å². The lowest BCUT2D eigenvalue weighted by molar-refractivity contribution is -0.166. The summed E-state index contributed by atoms with van der Waals surface area (Å²) in [6, 6.07) is 7.83. The Hall–Kier alpha value is -2.41. The number of amides is 3. The zero-order valence-corrected chi connectivity index (χ0v) is 16.0. The van der Waals surface area contributed by atoms with Crippen LogP contribution >= 0.6 is 0 Å². The van der Waals surface area contributed by atoms with Crippen molar-refractivity contribution in [1.29, 1.82) is 0 Å². The third-order valence-electron chi connectivity index (χ3n) is 4.40. The molecule has 3 N–H and O–H groups in total.